The predicted octanol–water partition coefficient (Wildman–Crippen LogP) is 3.34. The second kappa shape index (κ2) is 6.92. The van der Waals surface area contributed by atoms with Crippen molar-refractivity contribution in [1.82, 2.24) is 0 Å². The van der Waals surface area contributed by atoms with Gasteiger partial charge in [0.25, 0.3) is 0 Å². The molecule has 0 amide bonds. The fourth-order valence-electron chi connectivity index (χ4n) is 1.07. The Balaban J connectivity index is 0.000000180. The normalized spacial score (nSPS) is 8.72. The zero-order valence-corrected chi connectivity index (χ0v) is 9.31. The maximum absolute atomic E-state index is 12.1. The van der Waals surface area contributed by atoms with E-state index in [-0.39, 0.29) is 11.6 Å². The lowest BCUT2D eigenvalue weighted by atomic mass is 10.2. The monoisotopic (exact) mass is 245 g/mol. The van der Waals surface area contributed by atoms with E-state index in [1.807, 2.05) is 6.07 Å². The van der Waals surface area contributed by atoms with Crippen LogP contribution in [0.4, 0.5) is 8.78 Å². The molecule has 0 saturated heterocycles. The maximum atomic E-state index is 12.1. The molecular formula is C14H9F2NO. The van der Waals surface area contributed by atoms with Gasteiger partial charge in [-0.05, 0) is 48.5 Å². The Kier molecular flexibility index (Phi) is 5.20. The van der Waals surface area contributed by atoms with E-state index in [9.17, 15) is 13.6 Å². The Morgan fingerprint density at radius 3 is 1.72 bits per heavy atom. The summed E-state index contributed by atoms with van der Waals surface area (Å²) >= 11 is 0. The minimum absolute atomic E-state index is 0.311. The van der Waals surface area contributed by atoms with Crippen LogP contribution in [-0.2, 0) is 0 Å². The molecule has 90 valence electrons. The lowest BCUT2D eigenvalue weighted by molar-refractivity contribution is 0.112. The number of nitriles is 1. The summed E-state index contributed by atoms with van der Waals surface area (Å²) in [6, 6.07) is 12.7. The van der Waals surface area contributed by atoms with Gasteiger partial charge in [-0.2, -0.15) is 5.26 Å². The van der Waals surface area contributed by atoms with Gasteiger partial charge in [-0.3, -0.25) is 4.79 Å². The van der Waals surface area contributed by atoms with Crippen LogP contribution in [0.3, 0.4) is 0 Å². The molecular weight excluding hydrogens is 236 g/mol. The van der Waals surface area contributed by atoms with E-state index >= 15 is 0 Å². The number of carbonyl (C=O) groups is 1. The van der Waals surface area contributed by atoms with Gasteiger partial charge in [-0.15, -0.1) is 0 Å². The van der Waals surface area contributed by atoms with E-state index < -0.39 is 0 Å². The van der Waals surface area contributed by atoms with Gasteiger partial charge in [0.15, 0.2) is 0 Å². The van der Waals surface area contributed by atoms with Gasteiger partial charge in [0.1, 0.15) is 17.9 Å². The van der Waals surface area contributed by atoms with Gasteiger partial charge in [0.2, 0.25) is 0 Å². The maximum Gasteiger partial charge on any atom is 0.150 e. The van der Waals surface area contributed by atoms with Crippen LogP contribution < -0.4 is 0 Å². The summed E-state index contributed by atoms with van der Waals surface area (Å²) in [6.45, 7) is 0. The second-order valence-corrected chi connectivity index (χ2v) is 3.29. The largest absolute Gasteiger partial charge is 0.298 e. The van der Waals surface area contributed by atoms with Crippen LogP contribution in [0.25, 0.3) is 0 Å². The van der Waals surface area contributed by atoms with E-state index in [2.05, 4.69) is 0 Å². The average molecular weight is 245 g/mol. The first-order chi connectivity index (χ1) is 8.65. The van der Waals surface area contributed by atoms with Gasteiger partial charge >= 0.3 is 0 Å². The highest BCUT2D eigenvalue weighted by molar-refractivity contribution is 5.74. The zero-order valence-electron chi connectivity index (χ0n) is 9.31. The molecule has 0 fully saturated rings. The summed E-state index contributed by atoms with van der Waals surface area (Å²) in [5, 5.41) is 8.26. The van der Waals surface area contributed by atoms with Crippen LogP contribution in [0.15, 0.2) is 48.5 Å². The van der Waals surface area contributed by atoms with E-state index in [0.717, 1.165) is 0 Å². The van der Waals surface area contributed by atoms with Gasteiger partial charge in [0.05, 0.1) is 11.6 Å². The molecule has 2 aromatic rings. The zero-order chi connectivity index (χ0) is 13.4. The summed E-state index contributed by atoms with van der Waals surface area (Å²) in [4.78, 5) is 10.00. The first-order valence-electron chi connectivity index (χ1n) is 5.02. The highest BCUT2D eigenvalue weighted by Crippen LogP contribution is 1.99. The van der Waals surface area contributed by atoms with Crippen molar-refractivity contribution in [1.29, 1.82) is 5.26 Å². The minimum atomic E-state index is -0.319. The van der Waals surface area contributed by atoms with Crippen molar-refractivity contribution in [2.45, 2.75) is 0 Å². The lowest BCUT2D eigenvalue weighted by Gasteiger charge is -1.86. The standard InChI is InChI=1S/C7H4FN.C7H5FO/c2*8-7-3-1-6(5-9)2-4-7/h1-4H;1-5H. The minimum Gasteiger partial charge on any atom is -0.298 e. The van der Waals surface area contributed by atoms with Crippen molar-refractivity contribution < 1.29 is 13.6 Å². The van der Waals surface area contributed by atoms with Crippen molar-refractivity contribution >= 4 is 6.29 Å². The Hall–Kier alpha value is -2.54. The number of hydrogen-bond donors (Lipinski definition) is 0. The highest BCUT2D eigenvalue weighted by atomic mass is 19.1. The topological polar surface area (TPSA) is 40.9 Å². The number of nitrogens with zero attached hydrogens (tertiary/aromatic N) is 1. The van der Waals surface area contributed by atoms with Crippen LogP contribution in [0, 0.1) is 23.0 Å². The number of halogens is 2. The van der Waals surface area contributed by atoms with E-state index in [0.29, 0.717) is 17.4 Å². The highest BCUT2D eigenvalue weighted by Gasteiger charge is 1.88. The summed E-state index contributed by atoms with van der Waals surface area (Å²) < 4.78 is 24.2. The van der Waals surface area contributed by atoms with E-state index in [1.165, 1.54) is 48.5 Å². The molecule has 0 unspecified atom stereocenters. The quantitative estimate of drug-likeness (QED) is 0.723. The first kappa shape index (κ1) is 13.5. The number of benzene rings is 2. The number of rotatable bonds is 1. The van der Waals surface area contributed by atoms with Crippen molar-refractivity contribution in [2.24, 2.45) is 0 Å². The Morgan fingerprint density at radius 2 is 1.33 bits per heavy atom. The molecule has 2 aromatic carbocycles. The molecule has 0 aromatic heterocycles. The van der Waals surface area contributed by atoms with Gasteiger partial charge in [-0.25, -0.2) is 8.78 Å². The number of aldehydes is 1. The molecule has 18 heavy (non-hydrogen) atoms. The third-order valence-corrected chi connectivity index (χ3v) is 1.98. The second-order valence-electron chi connectivity index (χ2n) is 3.29. The summed E-state index contributed by atoms with van der Waals surface area (Å²) in [5.74, 6) is -0.630. The SMILES string of the molecule is N#Cc1ccc(F)cc1.O=Cc1ccc(F)cc1. The fraction of sp³-hybridized carbons (Fsp3) is 0. The third-order valence-electron chi connectivity index (χ3n) is 1.98. The molecule has 4 heteroatoms. The van der Waals surface area contributed by atoms with Gasteiger partial charge in [-0.1, -0.05) is 0 Å². The Morgan fingerprint density at radius 1 is 0.889 bits per heavy atom. The van der Waals surface area contributed by atoms with E-state index in [4.69, 9.17) is 5.26 Å². The van der Waals surface area contributed by atoms with Crippen molar-refractivity contribution in [3.05, 3.63) is 71.3 Å². The van der Waals surface area contributed by atoms with Gasteiger partial charge in [0, 0.05) is 5.56 Å². The van der Waals surface area contributed by atoms with Crippen molar-refractivity contribution in [3.8, 4) is 6.07 Å². The molecule has 0 spiro atoms. The molecule has 0 heterocycles. The summed E-state index contributed by atoms with van der Waals surface area (Å²) in [7, 11) is 0. The van der Waals surface area contributed by atoms with Crippen LogP contribution in [-0.4, -0.2) is 6.29 Å². The predicted molar refractivity (Wildman–Crippen MR) is 62.9 cm³/mol. The third kappa shape index (κ3) is 4.54. The van der Waals surface area contributed by atoms with Crippen molar-refractivity contribution in [3.63, 3.8) is 0 Å². The van der Waals surface area contributed by atoms with E-state index in [1.54, 1.807) is 0 Å². The number of carbonyl (C=O) groups excluding carboxylic acids is 1. The fourth-order valence-corrected chi connectivity index (χ4v) is 1.07. The van der Waals surface area contributed by atoms with Crippen molar-refractivity contribution in [2.75, 3.05) is 0 Å². The average Bonchev–Trinajstić information content (AvgIpc) is 2.41. The molecule has 0 saturated carbocycles. The van der Waals surface area contributed by atoms with Crippen LogP contribution in [0.2, 0.25) is 0 Å². The first-order valence-corrected chi connectivity index (χ1v) is 5.02. The molecule has 0 aliphatic heterocycles. The molecule has 0 bridgehead atoms. The molecule has 2 rings (SSSR count). The van der Waals surface area contributed by atoms with Crippen LogP contribution >= 0.6 is 0 Å². The summed E-state index contributed by atoms with van der Waals surface area (Å²) in [6.07, 6.45) is 0.680. The molecule has 0 N–H and O–H groups in total. The van der Waals surface area contributed by atoms with Crippen LogP contribution in [0.5, 0.6) is 0 Å². The smallest absolute Gasteiger partial charge is 0.150 e. The molecule has 0 aliphatic carbocycles. The molecule has 0 aliphatic rings. The lowest BCUT2D eigenvalue weighted by Crippen LogP contribution is -1.77. The Bertz CT molecular complexity index is 542. The molecule has 0 radical (unpaired) electrons. The molecule has 0 atom stereocenters. The van der Waals surface area contributed by atoms with Crippen LogP contribution in [0.1, 0.15) is 15.9 Å². The molecule has 2 nitrogen and oxygen atoms in total. The number of hydrogen-bond acceptors (Lipinski definition) is 2. The Labute approximate surface area is 103 Å². The summed E-state index contributed by atoms with van der Waals surface area (Å²) in [5.41, 5.74) is 0.979. The van der Waals surface area contributed by atoms with Gasteiger partial charge < -0.3 is 0 Å².